The van der Waals surface area contributed by atoms with Gasteiger partial charge in [0.1, 0.15) is 15.7 Å². The summed E-state index contributed by atoms with van der Waals surface area (Å²) in [6, 6.07) is 2.96. The third-order valence-electron chi connectivity index (χ3n) is 3.22. The van der Waals surface area contributed by atoms with Crippen LogP contribution in [0.2, 0.25) is 0 Å². The molecule has 0 saturated heterocycles. The molecule has 1 aromatic carbocycles. The van der Waals surface area contributed by atoms with Crippen molar-refractivity contribution in [3.05, 3.63) is 35.5 Å². The Kier molecular flexibility index (Phi) is 5.32. The van der Waals surface area contributed by atoms with E-state index in [2.05, 4.69) is 20.0 Å². The average Bonchev–Trinajstić information content (AvgIpc) is 2.93. The molecule has 0 unspecified atom stereocenters. The molecule has 27 heavy (non-hydrogen) atoms. The fourth-order valence-electron chi connectivity index (χ4n) is 2.36. The SMILES string of the molecule is CC(C)(CS(C)(=O)=O)NC(=O)c1ccc(-c2noc(C(F)(F)F)n2)c(F)c1. The van der Waals surface area contributed by atoms with E-state index in [4.69, 9.17) is 0 Å². The van der Waals surface area contributed by atoms with Crippen molar-refractivity contribution >= 4 is 15.7 Å². The van der Waals surface area contributed by atoms with Gasteiger partial charge in [-0.1, -0.05) is 5.16 Å². The summed E-state index contributed by atoms with van der Waals surface area (Å²) in [7, 11) is -3.38. The highest BCUT2D eigenvalue weighted by molar-refractivity contribution is 7.90. The minimum atomic E-state index is -4.87. The zero-order valence-corrected chi connectivity index (χ0v) is 15.2. The van der Waals surface area contributed by atoms with Crippen LogP contribution in [-0.2, 0) is 16.0 Å². The van der Waals surface area contributed by atoms with Crippen LogP contribution < -0.4 is 5.32 Å². The number of hydrogen-bond donors (Lipinski definition) is 1. The van der Waals surface area contributed by atoms with Crippen molar-refractivity contribution in [2.24, 2.45) is 0 Å². The molecule has 0 aliphatic rings. The molecule has 0 radical (unpaired) electrons. The van der Waals surface area contributed by atoms with Crippen LogP contribution in [0.25, 0.3) is 11.4 Å². The van der Waals surface area contributed by atoms with Gasteiger partial charge in [-0.3, -0.25) is 4.79 Å². The van der Waals surface area contributed by atoms with Crippen LogP contribution in [0.1, 0.15) is 30.1 Å². The van der Waals surface area contributed by atoms with Gasteiger partial charge in [0.25, 0.3) is 5.91 Å². The van der Waals surface area contributed by atoms with E-state index < -0.39 is 45.0 Å². The van der Waals surface area contributed by atoms with Crippen molar-refractivity contribution in [2.75, 3.05) is 12.0 Å². The van der Waals surface area contributed by atoms with E-state index in [-0.39, 0.29) is 16.9 Å². The number of nitrogens with zero attached hydrogens (tertiary/aromatic N) is 2. The van der Waals surface area contributed by atoms with E-state index in [9.17, 15) is 30.8 Å². The Morgan fingerprint density at radius 1 is 1.26 bits per heavy atom. The maximum Gasteiger partial charge on any atom is 0.471 e. The van der Waals surface area contributed by atoms with E-state index in [1.807, 2.05) is 0 Å². The smallest absolute Gasteiger partial charge is 0.346 e. The third kappa shape index (κ3) is 5.49. The fraction of sp³-hybridized carbons (Fsp3) is 0.400. The average molecular weight is 409 g/mol. The molecular formula is C15H15F4N3O4S. The lowest BCUT2D eigenvalue weighted by molar-refractivity contribution is -0.159. The lowest BCUT2D eigenvalue weighted by Crippen LogP contribution is -2.48. The van der Waals surface area contributed by atoms with Crippen molar-refractivity contribution in [3.8, 4) is 11.4 Å². The number of carbonyl (C=O) groups excluding carboxylic acids is 1. The first-order chi connectivity index (χ1) is 12.2. The van der Waals surface area contributed by atoms with Gasteiger partial charge in [0, 0.05) is 17.4 Å². The Bertz CT molecular complexity index is 968. The lowest BCUT2D eigenvalue weighted by atomic mass is 10.1. The molecule has 0 fully saturated rings. The van der Waals surface area contributed by atoms with Crippen molar-refractivity contribution in [3.63, 3.8) is 0 Å². The zero-order valence-electron chi connectivity index (χ0n) is 14.4. The first-order valence-corrected chi connectivity index (χ1v) is 9.45. The van der Waals surface area contributed by atoms with E-state index in [0.29, 0.717) is 0 Å². The van der Waals surface area contributed by atoms with Crippen LogP contribution in [0.4, 0.5) is 17.6 Å². The Morgan fingerprint density at radius 3 is 2.37 bits per heavy atom. The van der Waals surface area contributed by atoms with Crippen LogP contribution in [0.3, 0.4) is 0 Å². The summed E-state index contributed by atoms with van der Waals surface area (Å²) in [4.78, 5) is 15.3. The Labute approximate surface area is 151 Å². The molecule has 1 heterocycles. The van der Waals surface area contributed by atoms with Gasteiger partial charge in [0.15, 0.2) is 0 Å². The Morgan fingerprint density at radius 2 is 1.89 bits per heavy atom. The van der Waals surface area contributed by atoms with Gasteiger partial charge in [0.2, 0.25) is 5.82 Å². The number of halogens is 4. The van der Waals surface area contributed by atoms with Gasteiger partial charge < -0.3 is 9.84 Å². The second kappa shape index (κ2) is 6.91. The summed E-state index contributed by atoms with van der Waals surface area (Å²) in [5.41, 5.74) is -1.66. The molecule has 0 bridgehead atoms. The highest BCUT2D eigenvalue weighted by Gasteiger charge is 2.38. The van der Waals surface area contributed by atoms with Crippen molar-refractivity contribution in [1.29, 1.82) is 0 Å². The molecule has 12 heteroatoms. The Hall–Kier alpha value is -2.50. The van der Waals surface area contributed by atoms with E-state index in [1.165, 1.54) is 13.8 Å². The van der Waals surface area contributed by atoms with Crippen LogP contribution in [0.15, 0.2) is 22.7 Å². The van der Waals surface area contributed by atoms with Crippen molar-refractivity contribution in [1.82, 2.24) is 15.5 Å². The molecule has 148 valence electrons. The molecule has 2 aromatic rings. The first kappa shape index (κ1) is 20.8. The predicted molar refractivity (Wildman–Crippen MR) is 86.0 cm³/mol. The zero-order chi connectivity index (χ0) is 20.6. The molecule has 1 aromatic heterocycles. The highest BCUT2D eigenvalue weighted by Crippen LogP contribution is 2.30. The van der Waals surface area contributed by atoms with E-state index in [0.717, 1.165) is 24.5 Å². The Balaban J connectivity index is 2.23. The minimum Gasteiger partial charge on any atom is -0.346 e. The van der Waals surface area contributed by atoms with Crippen LogP contribution in [0.5, 0.6) is 0 Å². The summed E-state index contributed by atoms with van der Waals surface area (Å²) in [5, 5.41) is 5.53. The molecule has 0 spiro atoms. The summed E-state index contributed by atoms with van der Waals surface area (Å²) in [6.07, 6.45) is -3.86. The number of sulfone groups is 1. The largest absolute Gasteiger partial charge is 0.471 e. The second-order valence-corrected chi connectivity index (χ2v) is 8.66. The summed E-state index contributed by atoms with van der Waals surface area (Å²) >= 11 is 0. The predicted octanol–water partition coefficient (Wildman–Crippen LogP) is 2.45. The van der Waals surface area contributed by atoms with Gasteiger partial charge >= 0.3 is 12.1 Å². The molecule has 7 nitrogen and oxygen atoms in total. The molecule has 0 aliphatic heterocycles. The topological polar surface area (TPSA) is 102 Å². The maximum absolute atomic E-state index is 14.2. The lowest BCUT2D eigenvalue weighted by Gasteiger charge is -2.25. The van der Waals surface area contributed by atoms with Gasteiger partial charge in [-0.15, -0.1) is 0 Å². The molecule has 1 amide bonds. The number of benzene rings is 1. The second-order valence-electron chi connectivity index (χ2n) is 6.52. The molecule has 0 atom stereocenters. The fourth-order valence-corrected chi connectivity index (χ4v) is 3.74. The normalized spacial score (nSPS) is 12.9. The summed E-state index contributed by atoms with van der Waals surface area (Å²) < 4.78 is 78.5. The number of aromatic nitrogens is 2. The number of carbonyl (C=O) groups is 1. The summed E-state index contributed by atoms with van der Waals surface area (Å²) in [5.74, 6) is -4.38. The molecule has 0 aliphatic carbocycles. The maximum atomic E-state index is 14.2. The number of nitrogens with one attached hydrogen (secondary N) is 1. The first-order valence-electron chi connectivity index (χ1n) is 7.39. The van der Waals surface area contributed by atoms with Gasteiger partial charge in [0.05, 0.1) is 11.3 Å². The van der Waals surface area contributed by atoms with Crippen LogP contribution in [0, 0.1) is 5.82 Å². The molecule has 2 rings (SSSR count). The monoisotopic (exact) mass is 409 g/mol. The minimum absolute atomic E-state index is 0.155. The standard InChI is InChI=1S/C15H15F4N3O4S/c1-14(2,7-27(3,24)25)21-12(23)8-4-5-9(10(16)6-8)11-20-13(26-22-11)15(17,18)19/h4-6H,7H2,1-3H3,(H,21,23). The third-order valence-corrected chi connectivity index (χ3v) is 4.46. The summed E-state index contributed by atoms with van der Waals surface area (Å²) in [6.45, 7) is 2.96. The molecule has 0 saturated carbocycles. The molecular weight excluding hydrogens is 394 g/mol. The molecule has 1 N–H and O–H groups in total. The van der Waals surface area contributed by atoms with E-state index in [1.54, 1.807) is 0 Å². The van der Waals surface area contributed by atoms with Gasteiger partial charge in [-0.05, 0) is 32.0 Å². The van der Waals surface area contributed by atoms with Crippen LogP contribution >= 0.6 is 0 Å². The quantitative estimate of drug-likeness (QED) is 0.761. The van der Waals surface area contributed by atoms with Crippen molar-refractivity contribution in [2.45, 2.75) is 25.6 Å². The van der Waals surface area contributed by atoms with Gasteiger partial charge in [-0.2, -0.15) is 18.2 Å². The van der Waals surface area contributed by atoms with Crippen LogP contribution in [-0.4, -0.2) is 42.0 Å². The number of alkyl halides is 3. The van der Waals surface area contributed by atoms with Crippen molar-refractivity contribution < 1.29 is 35.3 Å². The number of hydrogen-bond acceptors (Lipinski definition) is 6. The highest BCUT2D eigenvalue weighted by atomic mass is 32.2. The van der Waals surface area contributed by atoms with Gasteiger partial charge in [-0.25, -0.2) is 12.8 Å². The number of amides is 1. The number of rotatable bonds is 5. The van der Waals surface area contributed by atoms with E-state index >= 15 is 0 Å².